The maximum atomic E-state index is 14.4. The third kappa shape index (κ3) is 5.46. The van der Waals surface area contributed by atoms with Gasteiger partial charge in [-0.1, -0.05) is 6.07 Å². The number of hydrogen-bond acceptors (Lipinski definition) is 7. The molecule has 1 atom stereocenters. The summed E-state index contributed by atoms with van der Waals surface area (Å²) in [7, 11) is 1.32. The Morgan fingerprint density at radius 3 is 2.43 bits per heavy atom. The lowest BCUT2D eigenvalue weighted by atomic mass is 9.88. The zero-order valence-electron chi connectivity index (χ0n) is 23.1. The molecule has 0 unspecified atom stereocenters. The standard InChI is InChI=1S/C30H28F4N4O4/c1-15-4-5-20(21(31)14-15)26(39)17-10-12-38(13-11-17)29(40)25-27(16(2)35)42-28(37-25)19-6-8-22(41-3)24-18(19)7-9-23(36-24)30(32,33)34/h4-9,14,16-17H,10-13,35H2,1-3H3/t16-/m1/s1. The molecule has 1 saturated heterocycles. The number of carbonyl (C=O) groups is 2. The number of halogens is 4. The minimum Gasteiger partial charge on any atom is -0.494 e. The zero-order valence-corrected chi connectivity index (χ0v) is 23.1. The van der Waals surface area contributed by atoms with Crippen LogP contribution in [-0.4, -0.2) is 46.8 Å². The highest BCUT2D eigenvalue weighted by atomic mass is 19.4. The number of fused-ring (bicyclic) bond motifs is 1. The number of methoxy groups -OCH3 is 1. The van der Waals surface area contributed by atoms with E-state index in [2.05, 4.69) is 9.97 Å². The first-order chi connectivity index (χ1) is 19.9. The first-order valence-electron chi connectivity index (χ1n) is 13.3. The molecule has 2 N–H and O–H groups in total. The summed E-state index contributed by atoms with van der Waals surface area (Å²) in [6.45, 7) is 3.83. The summed E-state index contributed by atoms with van der Waals surface area (Å²) in [6, 6.07) is 8.86. The molecule has 220 valence electrons. The van der Waals surface area contributed by atoms with Crippen molar-refractivity contribution in [1.29, 1.82) is 0 Å². The Hall–Kier alpha value is -4.32. The Morgan fingerprint density at radius 1 is 1.10 bits per heavy atom. The van der Waals surface area contributed by atoms with Crippen LogP contribution in [0.1, 0.15) is 63.7 Å². The molecule has 0 radical (unpaired) electrons. The third-order valence-electron chi connectivity index (χ3n) is 7.37. The van der Waals surface area contributed by atoms with Gasteiger partial charge >= 0.3 is 6.18 Å². The molecule has 1 amide bonds. The van der Waals surface area contributed by atoms with Crippen molar-refractivity contribution in [3.05, 3.63) is 76.6 Å². The topological polar surface area (TPSA) is 112 Å². The van der Waals surface area contributed by atoms with Gasteiger partial charge in [0.1, 0.15) is 22.8 Å². The lowest BCUT2D eigenvalue weighted by molar-refractivity contribution is -0.140. The molecule has 0 bridgehead atoms. The lowest BCUT2D eigenvalue weighted by Crippen LogP contribution is -2.41. The van der Waals surface area contributed by atoms with Gasteiger partial charge in [-0.3, -0.25) is 9.59 Å². The van der Waals surface area contributed by atoms with Gasteiger partial charge in [0.2, 0.25) is 5.89 Å². The van der Waals surface area contributed by atoms with E-state index in [1.54, 1.807) is 26.0 Å². The van der Waals surface area contributed by atoms with Crippen LogP contribution >= 0.6 is 0 Å². The van der Waals surface area contributed by atoms with Crippen LogP contribution in [0.15, 0.2) is 46.9 Å². The van der Waals surface area contributed by atoms with Gasteiger partial charge in [-0.2, -0.15) is 13.2 Å². The van der Waals surface area contributed by atoms with Crippen LogP contribution in [0.25, 0.3) is 22.4 Å². The average molecular weight is 585 g/mol. The van der Waals surface area contributed by atoms with Crippen molar-refractivity contribution in [2.45, 2.75) is 38.9 Å². The van der Waals surface area contributed by atoms with Crippen molar-refractivity contribution in [2.24, 2.45) is 11.7 Å². The second-order valence-corrected chi connectivity index (χ2v) is 10.3. The number of nitrogens with zero attached hydrogens (tertiary/aromatic N) is 3. The summed E-state index contributed by atoms with van der Waals surface area (Å²) in [4.78, 5) is 36.2. The molecule has 12 heteroatoms. The average Bonchev–Trinajstić information content (AvgIpc) is 3.41. The van der Waals surface area contributed by atoms with Gasteiger partial charge in [0.25, 0.3) is 5.91 Å². The van der Waals surface area contributed by atoms with E-state index in [1.807, 2.05) is 0 Å². The van der Waals surface area contributed by atoms with E-state index >= 15 is 0 Å². The molecule has 2 aromatic carbocycles. The number of likely N-dealkylation sites (tertiary alicyclic amines) is 1. The van der Waals surface area contributed by atoms with E-state index in [-0.39, 0.29) is 58.4 Å². The van der Waals surface area contributed by atoms with E-state index in [0.29, 0.717) is 24.0 Å². The molecule has 4 aromatic rings. The summed E-state index contributed by atoms with van der Waals surface area (Å²) in [5.41, 5.74) is 6.00. The minimum absolute atomic E-state index is 0.0141. The molecule has 42 heavy (non-hydrogen) atoms. The number of Topliss-reactive ketones (excluding diaryl/α,β-unsaturated/α-hetero) is 1. The number of ketones is 1. The van der Waals surface area contributed by atoms with Crippen molar-refractivity contribution in [3.63, 3.8) is 0 Å². The fraction of sp³-hybridized carbons (Fsp3) is 0.333. The van der Waals surface area contributed by atoms with E-state index in [4.69, 9.17) is 14.9 Å². The number of oxazole rings is 1. The van der Waals surface area contributed by atoms with Gasteiger partial charge in [-0.15, -0.1) is 0 Å². The van der Waals surface area contributed by atoms with Crippen molar-refractivity contribution in [1.82, 2.24) is 14.9 Å². The summed E-state index contributed by atoms with van der Waals surface area (Å²) >= 11 is 0. The number of hydrogen-bond donors (Lipinski definition) is 1. The number of aryl methyl sites for hydroxylation is 1. The van der Waals surface area contributed by atoms with Crippen molar-refractivity contribution in [3.8, 4) is 17.2 Å². The number of benzene rings is 2. The first kappa shape index (κ1) is 29.2. The largest absolute Gasteiger partial charge is 0.494 e. The fourth-order valence-corrected chi connectivity index (χ4v) is 5.14. The smallest absolute Gasteiger partial charge is 0.433 e. The first-order valence-corrected chi connectivity index (χ1v) is 13.3. The molecule has 5 rings (SSSR count). The number of piperidine rings is 1. The molecule has 0 aliphatic carbocycles. The summed E-state index contributed by atoms with van der Waals surface area (Å²) in [6.07, 6.45) is -3.98. The molecule has 0 spiro atoms. The molecule has 0 saturated carbocycles. The number of amides is 1. The highest BCUT2D eigenvalue weighted by Crippen LogP contribution is 2.38. The van der Waals surface area contributed by atoms with Crippen molar-refractivity contribution < 1.29 is 36.3 Å². The van der Waals surface area contributed by atoms with Crippen LogP contribution in [0.5, 0.6) is 5.75 Å². The van der Waals surface area contributed by atoms with Gasteiger partial charge in [0.05, 0.1) is 18.7 Å². The number of alkyl halides is 3. The number of rotatable bonds is 6. The predicted molar refractivity (Wildman–Crippen MR) is 145 cm³/mol. The summed E-state index contributed by atoms with van der Waals surface area (Å²) in [5.74, 6) is -1.54. The quantitative estimate of drug-likeness (QED) is 0.215. The maximum Gasteiger partial charge on any atom is 0.433 e. The van der Waals surface area contributed by atoms with Gasteiger partial charge < -0.3 is 19.8 Å². The molecule has 1 aliphatic rings. The fourth-order valence-electron chi connectivity index (χ4n) is 5.14. The zero-order chi connectivity index (χ0) is 30.3. The van der Waals surface area contributed by atoms with Crippen molar-refractivity contribution >= 4 is 22.6 Å². The Labute approximate surface area is 238 Å². The highest BCUT2D eigenvalue weighted by molar-refractivity contribution is 5.99. The third-order valence-corrected chi connectivity index (χ3v) is 7.37. The molecule has 8 nitrogen and oxygen atoms in total. The number of ether oxygens (including phenoxy) is 1. The number of carbonyl (C=O) groups excluding carboxylic acids is 2. The second-order valence-electron chi connectivity index (χ2n) is 10.3. The Morgan fingerprint density at radius 2 is 1.81 bits per heavy atom. The molecule has 2 aromatic heterocycles. The van der Waals surface area contributed by atoms with Gasteiger partial charge in [0.15, 0.2) is 17.2 Å². The summed E-state index contributed by atoms with van der Waals surface area (Å²) in [5, 5.41) is 0.279. The predicted octanol–water partition coefficient (Wildman–Crippen LogP) is 6.12. The van der Waals surface area contributed by atoms with Crippen LogP contribution in [0.2, 0.25) is 0 Å². The van der Waals surface area contributed by atoms with Gasteiger partial charge in [0, 0.05) is 30.0 Å². The Kier molecular flexibility index (Phi) is 7.76. The number of nitrogens with two attached hydrogens (primary N) is 1. The van der Waals surface area contributed by atoms with Crippen LogP contribution < -0.4 is 10.5 Å². The van der Waals surface area contributed by atoms with E-state index < -0.39 is 35.6 Å². The lowest BCUT2D eigenvalue weighted by Gasteiger charge is -2.31. The number of aromatic nitrogens is 2. The molecule has 3 heterocycles. The highest BCUT2D eigenvalue weighted by Gasteiger charge is 2.35. The van der Waals surface area contributed by atoms with Crippen LogP contribution in [0.3, 0.4) is 0 Å². The molecule has 1 aliphatic heterocycles. The van der Waals surface area contributed by atoms with Gasteiger partial charge in [-0.25, -0.2) is 14.4 Å². The van der Waals surface area contributed by atoms with E-state index in [9.17, 15) is 27.2 Å². The van der Waals surface area contributed by atoms with E-state index in [0.717, 1.165) is 6.07 Å². The molecular weight excluding hydrogens is 556 g/mol. The van der Waals surface area contributed by atoms with Crippen LogP contribution in [0, 0.1) is 18.7 Å². The normalized spacial score (nSPS) is 15.2. The van der Waals surface area contributed by atoms with Gasteiger partial charge in [-0.05, 0) is 68.7 Å². The maximum absolute atomic E-state index is 14.4. The summed E-state index contributed by atoms with van der Waals surface area (Å²) < 4.78 is 65.6. The van der Waals surface area contributed by atoms with Crippen molar-refractivity contribution in [2.75, 3.05) is 20.2 Å². The Balaban J connectivity index is 1.42. The molecule has 1 fully saturated rings. The Bertz CT molecular complexity index is 1670. The SMILES string of the molecule is COc1ccc(-c2nc(C(=O)N3CCC(C(=O)c4ccc(C)cc4F)CC3)c([C@@H](C)N)o2)c2ccc(C(F)(F)F)nc12. The van der Waals surface area contributed by atoms with Crippen LogP contribution in [0.4, 0.5) is 17.6 Å². The molecular formula is C30H28F4N4O4. The van der Waals surface area contributed by atoms with Crippen LogP contribution in [-0.2, 0) is 6.18 Å². The monoisotopic (exact) mass is 584 g/mol. The number of pyridine rings is 1. The van der Waals surface area contributed by atoms with E-state index in [1.165, 1.54) is 36.3 Å². The minimum atomic E-state index is -4.66. The second kappa shape index (κ2) is 11.2.